The normalized spacial score (nSPS) is 27.9. The summed E-state index contributed by atoms with van der Waals surface area (Å²) in [5.41, 5.74) is 0.867. The molecule has 0 N–H and O–H groups in total. The first-order valence-corrected chi connectivity index (χ1v) is 6.75. The summed E-state index contributed by atoms with van der Waals surface area (Å²) in [6.45, 7) is 4.62. The number of ether oxygens (including phenoxy) is 1. The molecule has 2 rings (SSSR count). The summed E-state index contributed by atoms with van der Waals surface area (Å²) in [6, 6.07) is 8.02. The largest absolute Gasteiger partial charge is 0.372 e. The molecule has 1 saturated carbocycles. The molecule has 0 aliphatic heterocycles. The molecule has 3 heteroatoms. The fraction of sp³-hybridized carbons (Fsp3) is 0.500. The van der Waals surface area contributed by atoms with Gasteiger partial charge in [-0.1, -0.05) is 48.0 Å². The van der Waals surface area contributed by atoms with Crippen molar-refractivity contribution in [2.24, 2.45) is 5.41 Å². The number of carbonyl (C=O) groups is 1. The van der Waals surface area contributed by atoms with E-state index in [1.54, 1.807) is 0 Å². The number of carbonyl (C=O) groups excluding carboxylic acids is 1. The standard InChI is InChI=1S/C14H17BrO2/c1-3-14(2)12(16)8-13(14)17-9-10-6-4-5-7-11(10)15/h4-7,13H,3,8-9H2,1-2H3. The van der Waals surface area contributed by atoms with Crippen molar-refractivity contribution in [1.82, 2.24) is 0 Å². The minimum atomic E-state index is -0.263. The Bertz CT molecular complexity index is 430. The average molecular weight is 297 g/mol. The third kappa shape index (κ3) is 2.31. The maximum atomic E-state index is 11.6. The van der Waals surface area contributed by atoms with E-state index < -0.39 is 0 Å². The molecule has 0 amide bonds. The van der Waals surface area contributed by atoms with Crippen molar-refractivity contribution in [1.29, 1.82) is 0 Å². The molecule has 17 heavy (non-hydrogen) atoms. The number of halogens is 1. The number of ketones is 1. The van der Waals surface area contributed by atoms with Crippen LogP contribution < -0.4 is 0 Å². The van der Waals surface area contributed by atoms with E-state index in [2.05, 4.69) is 15.9 Å². The van der Waals surface area contributed by atoms with Gasteiger partial charge in [0.2, 0.25) is 0 Å². The highest BCUT2D eigenvalue weighted by molar-refractivity contribution is 9.10. The SMILES string of the molecule is CCC1(C)C(=O)CC1OCc1ccccc1Br. The predicted octanol–water partition coefficient (Wildman–Crippen LogP) is 3.72. The van der Waals surface area contributed by atoms with E-state index in [9.17, 15) is 4.79 Å². The van der Waals surface area contributed by atoms with Crippen LogP contribution in [0.3, 0.4) is 0 Å². The van der Waals surface area contributed by atoms with Crippen LogP contribution in [0.4, 0.5) is 0 Å². The fourth-order valence-corrected chi connectivity index (χ4v) is 2.55. The summed E-state index contributed by atoms with van der Waals surface area (Å²) >= 11 is 3.50. The van der Waals surface area contributed by atoms with Crippen LogP contribution in [0, 0.1) is 5.41 Å². The third-order valence-corrected chi connectivity index (χ3v) is 4.62. The number of Topliss-reactive ketones (excluding diaryl/α,β-unsaturated/α-hetero) is 1. The molecule has 0 saturated heterocycles. The van der Waals surface area contributed by atoms with Crippen LogP contribution in [0.5, 0.6) is 0 Å². The molecular weight excluding hydrogens is 280 g/mol. The number of hydrogen-bond acceptors (Lipinski definition) is 2. The van der Waals surface area contributed by atoms with Gasteiger partial charge >= 0.3 is 0 Å². The Labute approximate surface area is 110 Å². The van der Waals surface area contributed by atoms with Crippen molar-refractivity contribution in [3.63, 3.8) is 0 Å². The minimum absolute atomic E-state index is 0.0760. The average Bonchev–Trinajstić information content (AvgIpc) is 2.35. The highest BCUT2D eigenvalue weighted by atomic mass is 79.9. The quantitative estimate of drug-likeness (QED) is 0.846. The lowest BCUT2D eigenvalue weighted by Gasteiger charge is -2.44. The van der Waals surface area contributed by atoms with Crippen LogP contribution in [0.1, 0.15) is 32.3 Å². The Morgan fingerprint density at radius 3 is 2.76 bits per heavy atom. The lowest BCUT2D eigenvalue weighted by atomic mass is 9.64. The van der Waals surface area contributed by atoms with Crippen LogP contribution in [0.15, 0.2) is 28.7 Å². The lowest BCUT2D eigenvalue weighted by Crippen LogP contribution is -2.52. The van der Waals surface area contributed by atoms with E-state index in [4.69, 9.17) is 4.74 Å². The Hall–Kier alpha value is -0.670. The predicted molar refractivity (Wildman–Crippen MR) is 70.7 cm³/mol. The topological polar surface area (TPSA) is 26.3 Å². The van der Waals surface area contributed by atoms with Crippen LogP contribution in [-0.4, -0.2) is 11.9 Å². The molecule has 2 atom stereocenters. The molecule has 2 nitrogen and oxygen atoms in total. The second-order valence-electron chi connectivity index (χ2n) is 4.79. The van der Waals surface area contributed by atoms with Crippen LogP contribution in [-0.2, 0) is 16.1 Å². The first-order valence-electron chi connectivity index (χ1n) is 5.96. The molecule has 1 aromatic rings. The van der Waals surface area contributed by atoms with E-state index in [-0.39, 0.29) is 11.5 Å². The van der Waals surface area contributed by atoms with Gasteiger partial charge in [0, 0.05) is 10.9 Å². The summed E-state index contributed by atoms with van der Waals surface area (Å²) < 4.78 is 6.93. The molecule has 1 fully saturated rings. The maximum absolute atomic E-state index is 11.6. The number of hydrogen-bond donors (Lipinski definition) is 0. The molecule has 2 unspecified atom stereocenters. The second-order valence-corrected chi connectivity index (χ2v) is 5.64. The van der Waals surface area contributed by atoms with Gasteiger partial charge in [-0.25, -0.2) is 0 Å². The van der Waals surface area contributed by atoms with Crippen LogP contribution in [0.25, 0.3) is 0 Å². The van der Waals surface area contributed by atoms with Gasteiger partial charge < -0.3 is 4.74 Å². The Morgan fingerprint density at radius 2 is 2.18 bits per heavy atom. The van der Waals surface area contributed by atoms with Gasteiger partial charge in [-0.2, -0.15) is 0 Å². The Balaban J connectivity index is 1.96. The van der Waals surface area contributed by atoms with E-state index >= 15 is 0 Å². The van der Waals surface area contributed by atoms with Crippen LogP contribution >= 0.6 is 15.9 Å². The Kier molecular flexibility index (Phi) is 3.69. The highest BCUT2D eigenvalue weighted by Gasteiger charge is 2.50. The number of rotatable bonds is 4. The minimum Gasteiger partial charge on any atom is -0.372 e. The first kappa shape index (κ1) is 12.8. The molecule has 0 aromatic heterocycles. The van der Waals surface area contributed by atoms with E-state index in [1.165, 1.54) is 0 Å². The molecule has 1 aliphatic rings. The zero-order valence-corrected chi connectivity index (χ0v) is 11.8. The highest BCUT2D eigenvalue weighted by Crippen LogP contribution is 2.42. The molecule has 1 aromatic carbocycles. The van der Waals surface area contributed by atoms with Crippen LogP contribution in [0.2, 0.25) is 0 Å². The third-order valence-electron chi connectivity index (χ3n) is 3.85. The molecule has 0 heterocycles. The molecule has 0 bridgehead atoms. The smallest absolute Gasteiger partial charge is 0.143 e. The molecular formula is C14H17BrO2. The van der Waals surface area contributed by atoms with Crippen molar-refractivity contribution < 1.29 is 9.53 Å². The molecule has 1 aliphatic carbocycles. The zero-order valence-electron chi connectivity index (χ0n) is 10.2. The monoisotopic (exact) mass is 296 g/mol. The van der Waals surface area contributed by atoms with Crippen molar-refractivity contribution in [3.05, 3.63) is 34.3 Å². The van der Waals surface area contributed by atoms with Gasteiger partial charge in [-0.05, 0) is 18.1 Å². The molecule has 92 valence electrons. The molecule has 0 spiro atoms. The summed E-state index contributed by atoms with van der Waals surface area (Å²) in [6.07, 6.45) is 1.49. The van der Waals surface area contributed by atoms with Gasteiger partial charge in [-0.3, -0.25) is 4.79 Å². The fourth-order valence-electron chi connectivity index (χ4n) is 2.15. The second kappa shape index (κ2) is 4.91. The lowest BCUT2D eigenvalue weighted by molar-refractivity contribution is -0.163. The first-order chi connectivity index (χ1) is 8.08. The van der Waals surface area contributed by atoms with Gasteiger partial charge in [0.25, 0.3) is 0 Å². The summed E-state index contributed by atoms with van der Waals surface area (Å²) in [4.78, 5) is 11.6. The van der Waals surface area contributed by atoms with Crippen molar-refractivity contribution >= 4 is 21.7 Å². The zero-order chi connectivity index (χ0) is 12.5. The number of benzene rings is 1. The van der Waals surface area contributed by atoms with Gasteiger partial charge in [0.05, 0.1) is 18.1 Å². The van der Waals surface area contributed by atoms with Gasteiger partial charge in [0.1, 0.15) is 5.78 Å². The summed E-state index contributed by atoms with van der Waals surface area (Å²) in [7, 11) is 0. The van der Waals surface area contributed by atoms with E-state index in [0.29, 0.717) is 18.8 Å². The van der Waals surface area contributed by atoms with Crippen molar-refractivity contribution in [2.75, 3.05) is 0 Å². The summed E-state index contributed by atoms with van der Waals surface area (Å²) in [5.74, 6) is 0.331. The maximum Gasteiger partial charge on any atom is 0.143 e. The van der Waals surface area contributed by atoms with Crippen molar-refractivity contribution in [2.45, 2.75) is 39.4 Å². The van der Waals surface area contributed by atoms with E-state index in [1.807, 2.05) is 38.1 Å². The Morgan fingerprint density at radius 1 is 1.47 bits per heavy atom. The summed E-state index contributed by atoms with van der Waals surface area (Å²) in [5, 5.41) is 0. The van der Waals surface area contributed by atoms with Crippen molar-refractivity contribution in [3.8, 4) is 0 Å². The molecule has 0 radical (unpaired) electrons. The van der Waals surface area contributed by atoms with Gasteiger partial charge in [-0.15, -0.1) is 0 Å². The van der Waals surface area contributed by atoms with Gasteiger partial charge in [0.15, 0.2) is 0 Å². The van der Waals surface area contributed by atoms with E-state index in [0.717, 1.165) is 16.5 Å².